The van der Waals surface area contributed by atoms with Gasteiger partial charge >= 0.3 is 0 Å². The van der Waals surface area contributed by atoms with Crippen LogP contribution in [0.2, 0.25) is 0 Å². The van der Waals surface area contributed by atoms with Gasteiger partial charge in [0.15, 0.2) is 0 Å². The van der Waals surface area contributed by atoms with Crippen LogP contribution >= 0.6 is 0 Å². The summed E-state index contributed by atoms with van der Waals surface area (Å²) >= 11 is 0. The second kappa shape index (κ2) is 5.08. The smallest absolute Gasteiger partial charge is 0.0118 e. The van der Waals surface area contributed by atoms with E-state index in [1.54, 1.807) is 0 Å². The highest BCUT2D eigenvalue weighted by Gasteiger charge is 2.32. The van der Waals surface area contributed by atoms with Crippen molar-refractivity contribution in [1.82, 2.24) is 5.32 Å². The average molecular weight is 225 g/mol. The molecule has 1 heteroatoms. The molecule has 0 aromatic rings. The molecule has 0 spiro atoms. The maximum Gasteiger partial charge on any atom is 0.0118 e. The van der Waals surface area contributed by atoms with Crippen LogP contribution in [0, 0.1) is 16.7 Å². The second-order valence-corrected chi connectivity index (χ2v) is 7.46. The SMILES string of the molecule is CC(CNC1CCCCC1(C)C)C(C)(C)C. The Hall–Kier alpha value is -0.0400. The average Bonchev–Trinajstić information content (AvgIpc) is 2.13. The van der Waals surface area contributed by atoms with Crippen molar-refractivity contribution in [3.8, 4) is 0 Å². The molecule has 96 valence electrons. The monoisotopic (exact) mass is 225 g/mol. The van der Waals surface area contributed by atoms with Gasteiger partial charge in [0.2, 0.25) is 0 Å². The summed E-state index contributed by atoms with van der Waals surface area (Å²) in [5.41, 5.74) is 0.918. The zero-order chi connectivity index (χ0) is 12.4. The van der Waals surface area contributed by atoms with Gasteiger partial charge < -0.3 is 5.32 Å². The molecule has 0 heterocycles. The van der Waals surface area contributed by atoms with Crippen molar-refractivity contribution < 1.29 is 0 Å². The molecule has 0 amide bonds. The fourth-order valence-electron chi connectivity index (χ4n) is 2.50. The van der Waals surface area contributed by atoms with Crippen LogP contribution in [0.5, 0.6) is 0 Å². The molecule has 1 N–H and O–H groups in total. The maximum absolute atomic E-state index is 3.82. The molecule has 2 unspecified atom stereocenters. The van der Waals surface area contributed by atoms with E-state index in [0.29, 0.717) is 10.8 Å². The molecular weight excluding hydrogens is 194 g/mol. The first-order valence-corrected chi connectivity index (χ1v) is 6.97. The molecule has 0 bridgehead atoms. The standard InChI is InChI=1S/C15H31N/c1-12(14(2,3)4)11-16-13-9-7-8-10-15(13,5)6/h12-13,16H,7-11H2,1-6H3. The van der Waals surface area contributed by atoms with Crippen LogP contribution in [0.3, 0.4) is 0 Å². The fraction of sp³-hybridized carbons (Fsp3) is 1.00. The van der Waals surface area contributed by atoms with Gasteiger partial charge in [-0.3, -0.25) is 0 Å². The molecule has 16 heavy (non-hydrogen) atoms. The lowest BCUT2D eigenvalue weighted by Crippen LogP contribution is -2.46. The van der Waals surface area contributed by atoms with Crippen LogP contribution in [0.15, 0.2) is 0 Å². The van der Waals surface area contributed by atoms with E-state index in [4.69, 9.17) is 0 Å². The summed E-state index contributed by atoms with van der Waals surface area (Å²) in [4.78, 5) is 0. The van der Waals surface area contributed by atoms with Gasteiger partial charge in [-0.15, -0.1) is 0 Å². The van der Waals surface area contributed by atoms with Crippen LogP contribution < -0.4 is 5.32 Å². The summed E-state index contributed by atoms with van der Waals surface area (Å²) in [6.07, 6.45) is 5.57. The van der Waals surface area contributed by atoms with E-state index in [-0.39, 0.29) is 0 Å². The van der Waals surface area contributed by atoms with Gasteiger partial charge in [-0.2, -0.15) is 0 Å². The number of rotatable bonds is 3. The van der Waals surface area contributed by atoms with E-state index in [1.807, 2.05) is 0 Å². The molecule has 1 rings (SSSR count). The molecule has 0 aliphatic heterocycles. The first-order chi connectivity index (χ1) is 7.23. The Morgan fingerprint density at radius 1 is 1.25 bits per heavy atom. The summed E-state index contributed by atoms with van der Waals surface area (Å²) in [7, 11) is 0. The molecule has 1 nitrogen and oxygen atoms in total. The van der Waals surface area contributed by atoms with Gasteiger partial charge in [0, 0.05) is 6.04 Å². The van der Waals surface area contributed by atoms with Crippen molar-refractivity contribution in [2.75, 3.05) is 6.54 Å². The summed E-state index contributed by atoms with van der Waals surface area (Å²) in [5, 5.41) is 3.82. The van der Waals surface area contributed by atoms with Crippen molar-refractivity contribution in [3.05, 3.63) is 0 Å². The zero-order valence-corrected chi connectivity index (χ0v) is 12.2. The van der Waals surface area contributed by atoms with Crippen LogP contribution in [0.1, 0.15) is 67.2 Å². The van der Waals surface area contributed by atoms with Crippen molar-refractivity contribution >= 4 is 0 Å². The van der Waals surface area contributed by atoms with E-state index >= 15 is 0 Å². The van der Waals surface area contributed by atoms with Gasteiger partial charge in [-0.1, -0.05) is 54.4 Å². The largest absolute Gasteiger partial charge is 0.313 e. The van der Waals surface area contributed by atoms with Gasteiger partial charge in [-0.05, 0) is 36.1 Å². The molecule has 2 atom stereocenters. The number of hydrogen-bond acceptors (Lipinski definition) is 1. The second-order valence-electron chi connectivity index (χ2n) is 7.46. The Balaban J connectivity index is 2.42. The van der Waals surface area contributed by atoms with Crippen LogP contribution in [0.4, 0.5) is 0 Å². The lowest BCUT2D eigenvalue weighted by Gasteiger charge is -2.40. The van der Waals surface area contributed by atoms with Crippen LogP contribution in [0.25, 0.3) is 0 Å². The third-order valence-electron chi connectivity index (χ3n) is 4.66. The molecule has 0 radical (unpaired) electrons. The quantitative estimate of drug-likeness (QED) is 0.758. The van der Waals surface area contributed by atoms with Gasteiger partial charge in [0.25, 0.3) is 0 Å². The van der Waals surface area contributed by atoms with E-state index in [0.717, 1.165) is 18.5 Å². The lowest BCUT2D eigenvalue weighted by molar-refractivity contribution is 0.149. The third kappa shape index (κ3) is 3.76. The minimum atomic E-state index is 0.422. The highest BCUT2D eigenvalue weighted by Crippen LogP contribution is 2.35. The first-order valence-electron chi connectivity index (χ1n) is 6.97. The number of nitrogens with one attached hydrogen (secondary N) is 1. The highest BCUT2D eigenvalue weighted by atomic mass is 14.9. The van der Waals surface area contributed by atoms with Gasteiger partial charge in [-0.25, -0.2) is 0 Å². The topological polar surface area (TPSA) is 12.0 Å². The van der Waals surface area contributed by atoms with E-state index in [1.165, 1.54) is 25.7 Å². The molecule has 1 fully saturated rings. The van der Waals surface area contributed by atoms with Crippen molar-refractivity contribution in [1.29, 1.82) is 0 Å². The van der Waals surface area contributed by atoms with Gasteiger partial charge in [0.05, 0.1) is 0 Å². The minimum Gasteiger partial charge on any atom is -0.313 e. The van der Waals surface area contributed by atoms with Crippen LogP contribution in [-0.2, 0) is 0 Å². The predicted molar refractivity (Wildman–Crippen MR) is 72.7 cm³/mol. The molecule has 1 aliphatic rings. The van der Waals surface area contributed by atoms with E-state index in [2.05, 4.69) is 46.9 Å². The van der Waals surface area contributed by atoms with Crippen molar-refractivity contribution in [2.45, 2.75) is 73.3 Å². The Bertz CT molecular complexity index is 212. The molecular formula is C15H31N. The van der Waals surface area contributed by atoms with Gasteiger partial charge in [0.1, 0.15) is 0 Å². The Labute approximate surface area is 102 Å². The third-order valence-corrected chi connectivity index (χ3v) is 4.66. The summed E-state index contributed by atoms with van der Waals surface area (Å²) in [6, 6.07) is 0.728. The normalized spacial score (nSPS) is 27.8. The predicted octanol–water partition coefficient (Wildman–Crippen LogP) is 4.23. The molecule has 0 aromatic carbocycles. The summed E-state index contributed by atoms with van der Waals surface area (Å²) < 4.78 is 0. The molecule has 0 saturated heterocycles. The maximum atomic E-state index is 3.82. The lowest BCUT2D eigenvalue weighted by atomic mass is 9.73. The Kier molecular flexibility index (Phi) is 4.45. The minimum absolute atomic E-state index is 0.422. The van der Waals surface area contributed by atoms with E-state index in [9.17, 15) is 0 Å². The van der Waals surface area contributed by atoms with E-state index < -0.39 is 0 Å². The van der Waals surface area contributed by atoms with Crippen molar-refractivity contribution in [2.24, 2.45) is 16.7 Å². The van der Waals surface area contributed by atoms with Crippen molar-refractivity contribution in [3.63, 3.8) is 0 Å². The summed E-state index contributed by atoms with van der Waals surface area (Å²) in [6.45, 7) is 15.4. The number of hydrogen-bond donors (Lipinski definition) is 1. The zero-order valence-electron chi connectivity index (χ0n) is 12.2. The van der Waals surface area contributed by atoms with Crippen LogP contribution in [-0.4, -0.2) is 12.6 Å². The Morgan fingerprint density at radius 3 is 2.38 bits per heavy atom. The summed E-state index contributed by atoms with van der Waals surface area (Å²) in [5.74, 6) is 0.741. The molecule has 1 saturated carbocycles. The fourth-order valence-corrected chi connectivity index (χ4v) is 2.50. The molecule has 1 aliphatic carbocycles. The molecule has 0 aromatic heterocycles. The highest BCUT2D eigenvalue weighted by molar-refractivity contribution is 4.88. The Morgan fingerprint density at radius 2 is 1.88 bits per heavy atom. The first kappa shape index (κ1) is 14.0.